The zero-order valence-electron chi connectivity index (χ0n) is 13.1. The van der Waals surface area contributed by atoms with Gasteiger partial charge in [0.2, 0.25) is 0 Å². The van der Waals surface area contributed by atoms with Crippen molar-refractivity contribution >= 4 is 11.8 Å². The van der Waals surface area contributed by atoms with Gasteiger partial charge in [0.1, 0.15) is 5.60 Å². The second-order valence-corrected chi connectivity index (χ2v) is 6.31. The lowest BCUT2D eigenvalue weighted by atomic mass is 9.98. The molecule has 1 aliphatic rings. The maximum atomic E-state index is 10.9. The molecule has 21 heavy (non-hydrogen) atoms. The summed E-state index contributed by atoms with van der Waals surface area (Å²) >= 11 is 0. The number of carbonyl (C=O) groups is 1. The first-order valence-electron chi connectivity index (χ1n) is 7.37. The Morgan fingerprint density at radius 1 is 1.19 bits per heavy atom. The first-order chi connectivity index (χ1) is 9.85. The van der Waals surface area contributed by atoms with Crippen LogP contribution >= 0.6 is 0 Å². The van der Waals surface area contributed by atoms with E-state index < -0.39 is 11.7 Å². The summed E-state index contributed by atoms with van der Waals surface area (Å²) in [5, 5.41) is 0. The van der Waals surface area contributed by atoms with Crippen molar-refractivity contribution in [3.63, 3.8) is 0 Å². The molecular weight excluding hydrogens is 266 g/mol. The molecule has 5 heteroatoms. The number of rotatable bonds is 4. The number of nitrogens with zero attached hydrogens (tertiary/aromatic N) is 2. The third kappa shape index (κ3) is 4.63. The molecule has 0 aromatic heterocycles. The van der Waals surface area contributed by atoms with Gasteiger partial charge < -0.3 is 20.3 Å². The summed E-state index contributed by atoms with van der Waals surface area (Å²) in [4.78, 5) is 15.6. The number of benzene rings is 1. The van der Waals surface area contributed by atoms with Gasteiger partial charge in [-0.3, -0.25) is 0 Å². The van der Waals surface area contributed by atoms with Gasteiger partial charge in [0.25, 0.3) is 0 Å². The normalized spacial score (nSPS) is 16.8. The van der Waals surface area contributed by atoms with Gasteiger partial charge in [-0.25, -0.2) is 4.79 Å². The first-order valence-corrected chi connectivity index (χ1v) is 7.37. The number of anilines is 1. The molecule has 1 saturated heterocycles. The molecular formula is C16H25N3O2. The molecule has 0 atom stereocenters. The van der Waals surface area contributed by atoms with Crippen molar-refractivity contribution in [3.8, 4) is 0 Å². The van der Waals surface area contributed by atoms with E-state index in [0.717, 1.165) is 31.7 Å². The van der Waals surface area contributed by atoms with E-state index in [-0.39, 0.29) is 0 Å². The van der Waals surface area contributed by atoms with Crippen LogP contribution in [0.15, 0.2) is 24.3 Å². The third-order valence-corrected chi connectivity index (χ3v) is 3.81. The van der Waals surface area contributed by atoms with E-state index >= 15 is 0 Å². The maximum absolute atomic E-state index is 10.9. The molecule has 1 amide bonds. The van der Waals surface area contributed by atoms with E-state index in [1.807, 2.05) is 13.8 Å². The Hall–Kier alpha value is -1.75. The summed E-state index contributed by atoms with van der Waals surface area (Å²) in [6.07, 6.45) is -0.0760. The Morgan fingerprint density at radius 2 is 1.76 bits per heavy atom. The van der Waals surface area contributed by atoms with Crippen LogP contribution < -0.4 is 10.6 Å². The average molecular weight is 291 g/mol. The Morgan fingerprint density at radius 3 is 2.29 bits per heavy atom. The number of carbonyl (C=O) groups excluding carboxylic acids is 1. The summed E-state index contributed by atoms with van der Waals surface area (Å²) in [6.45, 7) is 8.05. The Labute approximate surface area is 126 Å². The lowest BCUT2D eigenvalue weighted by Gasteiger charge is -2.34. The van der Waals surface area contributed by atoms with E-state index in [2.05, 4.69) is 41.1 Å². The van der Waals surface area contributed by atoms with Gasteiger partial charge in [-0.2, -0.15) is 0 Å². The predicted molar refractivity (Wildman–Crippen MR) is 84.6 cm³/mol. The molecule has 0 unspecified atom stereocenters. The fourth-order valence-electron chi connectivity index (χ4n) is 2.69. The van der Waals surface area contributed by atoms with Crippen LogP contribution in [0, 0.1) is 0 Å². The minimum atomic E-state index is -0.728. The fraction of sp³-hybridized carbons (Fsp3) is 0.562. The van der Waals surface area contributed by atoms with E-state index in [9.17, 15) is 4.79 Å². The van der Waals surface area contributed by atoms with Crippen LogP contribution in [0.1, 0.15) is 19.4 Å². The quantitative estimate of drug-likeness (QED) is 0.920. The minimum Gasteiger partial charge on any atom is -0.443 e. The lowest BCUT2D eigenvalue weighted by Crippen LogP contribution is -2.44. The minimum absolute atomic E-state index is 0.582. The van der Waals surface area contributed by atoms with Gasteiger partial charge in [0.15, 0.2) is 0 Å². The average Bonchev–Trinajstić information content (AvgIpc) is 2.38. The number of piperazine rings is 1. The molecule has 1 fully saturated rings. The molecule has 1 aromatic rings. The molecule has 2 rings (SSSR count). The van der Waals surface area contributed by atoms with Crippen LogP contribution in [0.25, 0.3) is 0 Å². The molecule has 116 valence electrons. The molecule has 2 N–H and O–H groups in total. The van der Waals surface area contributed by atoms with Crippen LogP contribution in [0.2, 0.25) is 0 Å². The van der Waals surface area contributed by atoms with Crippen LogP contribution in [0.5, 0.6) is 0 Å². The number of hydrogen-bond acceptors (Lipinski definition) is 4. The van der Waals surface area contributed by atoms with Crippen molar-refractivity contribution < 1.29 is 9.53 Å². The van der Waals surface area contributed by atoms with E-state index in [4.69, 9.17) is 10.5 Å². The lowest BCUT2D eigenvalue weighted by molar-refractivity contribution is 0.0460. The molecule has 0 saturated carbocycles. The van der Waals surface area contributed by atoms with Gasteiger partial charge in [-0.1, -0.05) is 12.1 Å². The monoisotopic (exact) mass is 291 g/mol. The van der Waals surface area contributed by atoms with Crippen molar-refractivity contribution in [2.24, 2.45) is 5.73 Å². The van der Waals surface area contributed by atoms with Gasteiger partial charge in [0.05, 0.1) is 0 Å². The molecule has 5 nitrogen and oxygen atoms in total. The Bertz CT molecular complexity index is 477. The highest BCUT2D eigenvalue weighted by Gasteiger charge is 2.22. The summed E-state index contributed by atoms with van der Waals surface area (Å²) in [5.41, 5.74) is 6.90. The van der Waals surface area contributed by atoms with Crippen LogP contribution in [-0.4, -0.2) is 49.8 Å². The number of amides is 1. The van der Waals surface area contributed by atoms with Crippen molar-refractivity contribution in [2.45, 2.75) is 25.9 Å². The van der Waals surface area contributed by atoms with Gasteiger partial charge in [-0.05, 0) is 38.6 Å². The molecule has 1 aromatic carbocycles. The zero-order chi connectivity index (χ0) is 15.5. The van der Waals surface area contributed by atoms with Crippen molar-refractivity contribution in [1.29, 1.82) is 0 Å². The molecule has 0 spiro atoms. The largest absolute Gasteiger partial charge is 0.443 e. The zero-order valence-corrected chi connectivity index (χ0v) is 13.1. The second-order valence-electron chi connectivity index (χ2n) is 6.31. The van der Waals surface area contributed by atoms with Gasteiger partial charge in [0, 0.05) is 38.3 Å². The topological polar surface area (TPSA) is 58.8 Å². The standard InChI is InChI=1S/C16H25N3O2/c1-16(2,21-15(17)20)12-13-4-6-14(7-5-13)19-10-8-18(3)9-11-19/h4-7H,8-12H2,1-3H3,(H2,17,20). The Balaban J connectivity index is 1.97. The molecule has 0 bridgehead atoms. The predicted octanol–water partition coefficient (Wildman–Crippen LogP) is 1.85. The highest BCUT2D eigenvalue weighted by molar-refractivity contribution is 5.65. The maximum Gasteiger partial charge on any atom is 0.405 e. The summed E-state index contributed by atoms with van der Waals surface area (Å²) in [5.74, 6) is 0. The summed E-state index contributed by atoms with van der Waals surface area (Å²) in [6, 6.07) is 8.47. The van der Waals surface area contributed by atoms with E-state index in [1.165, 1.54) is 5.69 Å². The smallest absolute Gasteiger partial charge is 0.405 e. The SMILES string of the molecule is CN1CCN(c2ccc(CC(C)(C)OC(N)=O)cc2)CC1. The van der Waals surface area contributed by atoms with Crippen LogP contribution in [0.4, 0.5) is 10.5 Å². The highest BCUT2D eigenvalue weighted by Crippen LogP contribution is 2.21. The molecule has 1 aliphatic heterocycles. The van der Waals surface area contributed by atoms with Crippen LogP contribution in [-0.2, 0) is 11.2 Å². The van der Waals surface area contributed by atoms with Crippen molar-refractivity contribution in [1.82, 2.24) is 4.90 Å². The molecule has 0 radical (unpaired) electrons. The second kappa shape index (κ2) is 6.35. The molecule has 0 aliphatic carbocycles. The number of likely N-dealkylation sites (N-methyl/N-ethyl adjacent to an activating group) is 1. The number of hydrogen-bond donors (Lipinski definition) is 1. The van der Waals surface area contributed by atoms with Crippen LogP contribution in [0.3, 0.4) is 0 Å². The fourth-order valence-corrected chi connectivity index (χ4v) is 2.69. The van der Waals surface area contributed by atoms with Crippen molar-refractivity contribution in [3.05, 3.63) is 29.8 Å². The summed E-state index contributed by atoms with van der Waals surface area (Å²) < 4.78 is 5.12. The third-order valence-electron chi connectivity index (χ3n) is 3.81. The van der Waals surface area contributed by atoms with E-state index in [1.54, 1.807) is 0 Å². The highest BCUT2D eigenvalue weighted by atomic mass is 16.6. The summed E-state index contributed by atoms with van der Waals surface area (Å²) in [7, 11) is 2.15. The van der Waals surface area contributed by atoms with Gasteiger partial charge >= 0.3 is 6.09 Å². The number of nitrogens with two attached hydrogens (primary N) is 1. The molecule has 1 heterocycles. The van der Waals surface area contributed by atoms with Crippen molar-refractivity contribution in [2.75, 3.05) is 38.1 Å². The first kappa shape index (κ1) is 15.6. The number of ether oxygens (including phenoxy) is 1. The Kier molecular flexibility index (Phi) is 4.73. The van der Waals surface area contributed by atoms with Gasteiger partial charge in [-0.15, -0.1) is 0 Å². The van der Waals surface area contributed by atoms with E-state index in [0.29, 0.717) is 6.42 Å². The number of primary amides is 1.